The van der Waals surface area contributed by atoms with Gasteiger partial charge in [0, 0.05) is 11.8 Å². The minimum absolute atomic E-state index is 0.197. The summed E-state index contributed by atoms with van der Waals surface area (Å²) in [5.41, 5.74) is 4.55. The molecular formula is C25H30O4. The molecule has 154 valence electrons. The average Bonchev–Trinajstić information content (AvgIpc) is 2.74. The van der Waals surface area contributed by atoms with E-state index in [1.807, 2.05) is 30.3 Å². The first-order valence-corrected chi connectivity index (χ1v) is 10.4. The molecule has 0 bridgehead atoms. The maximum absolute atomic E-state index is 12.3. The number of unbranched alkanes of at least 4 members (excludes halogenated alkanes) is 1. The van der Waals surface area contributed by atoms with E-state index in [0.717, 1.165) is 49.7 Å². The van der Waals surface area contributed by atoms with Crippen molar-refractivity contribution in [3.05, 3.63) is 64.7 Å². The maximum atomic E-state index is 12.3. The predicted octanol–water partition coefficient (Wildman–Crippen LogP) is 5.08. The van der Waals surface area contributed by atoms with Gasteiger partial charge in [-0.3, -0.25) is 4.79 Å². The van der Waals surface area contributed by atoms with Gasteiger partial charge >= 0.3 is 5.97 Å². The first-order valence-electron chi connectivity index (χ1n) is 10.4. The van der Waals surface area contributed by atoms with Crippen LogP contribution in [0.1, 0.15) is 60.8 Å². The molecule has 1 aliphatic carbocycles. The Kier molecular flexibility index (Phi) is 7.08. The number of hydrogen-bond donors (Lipinski definition) is 0. The Balaban J connectivity index is 1.93. The van der Waals surface area contributed by atoms with Crippen molar-refractivity contribution < 1.29 is 19.1 Å². The van der Waals surface area contributed by atoms with E-state index in [1.54, 1.807) is 0 Å². The molecule has 0 aromatic heterocycles. The van der Waals surface area contributed by atoms with Gasteiger partial charge in [0.15, 0.2) is 0 Å². The van der Waals surface area contributed by atoms with Crippen molar-refractivity contribution in [1.82, 2.24) is 0 Å². The molecule has 1 atom stereocenters. The van der Waals surface area contributed by atoms with Crippen molar-refractivity contribution in [3.8, 4) is 5.75 Å². The molecule has 1 unspecified atom stereocenters. The topological polar surface area (TPSA) is 52.6 Å². The Morgan fingerprint density at radius 2 is 2.00 bits per heavy atom. The van der Waals surface area contributed by atoms with Crippen molar-refractivity contribution in [1.29, 1.82) is 0 Å². The van der Waals surface area contributed by atoms with Crippen LogP contribution in [0.5, 0.6) is 5.75 Å². The van der Waals surface area contributed by atoms with Crippen LogP contribution in [-0.4, -0.2) is 19.4 Å². The fourth-order valence-electron chi connectivity index (χ4n) is 4.56. The molecule has 0 heterocycles. The van der Waals surface area contributed by atoms with Crippen molar-refractivity contribution in [2.75, 3.05) is 7.11 Å². The van der Waals surface area contributed by atoms with Gasteiger partial charge in [0.1, 0.15) is 18.6 Å². The van der Waals surface area contributed by atoms with Gasteiger partial charge in [-0.15, -0.1) is 0 Å². The summed E-state index contributed by atoms with van der Waals surface area (Å²) in [5.74, 6) is 0.633. The summed E-state index contributed by atoms with van der Waals surface area (Å²) in [6.45, 7) is 2.63. The van der Waals surface area contributed by atoms with Crippen LogP contribution < -0.4 is 4.74 Å². The number of rotatable bonds is 9. The number of carbonyl (C=O) groups is 2. The van der Waals surface area contributed by atoms with E-state index in [9.17, 15) is 9.59 Å². The number of esters is 1. The van der Waals surface area contributed by atoms with E-state index in [2.05, 4.69) is 19.1 Å². The van der Waals surface area contributed by atoms with E-state index >= 15 is 0 Å². The maximum Gasteiger partial charge on any atom is 0.306 e. The summed E-state index contributed by atoms with van der Waals surface area (Å²) in [4.78, 5) is 23.2. The number of methoxy groups -OCH3 is 1. The van der Waals surface area contributed by atoms with Crippen LogP contribution >= 0.6 is 0 Å². The highest BCUT2D eigenvalue weighted by atomic mass is 16.5. The molecule has 0 saturated carbocycles. The van der Waals surface area contributed by atoms with Crippen LogP contribution in [0.3, 0.4) is 0 Å². The highest BCUT2D eigenvalue weighted by Crippen LogP contribution is 2.46. The average molecular weight is 395 g/mol. The minimum Gasteiger partial charge on any atom is -0.489 e. The summed E-state index contributed by atoms with van der Waals surface area (Å²) in [7, 11) is 1.44. The van der Waals surface area contributed by atoms with Crippen molar-refractivity contribution in [2.45, 2.75) is 63.9 Å². The van der Waals surface area contributed by atoms with E-state index in [0.29, 0.717) is 19.4 Å². The lowest BCUT2D eigenvalue weighted by Gasteiger charge is -2.39. The standard InChI is InChI=1S/C25H30O4/c1-19-15-21(29-18-20-9-4-3-5-10-20)16-23-22(19)11-8-13-25(23,12-6-7-14-26)17-24(27)28-2/h3-5,9-10,14-16H,6-8,11-13,17-18H2,1-2H3. The molecule has 0 amide bonds. The lowest BCUT2D eigenvalue weighted by molar-refractivity contribution is -0.142. The Hall–Kier alpha value is -2.62. The number of ether oxygens (including phenoxy) is 2. The lowest BCUT2D eigenvalue weighted by Crippen LogP contribution is -2.34. The Labute approximate surface area is 173 Å². The predicted molar refractivity (Wildman–Crippen MR) is 113 cm³/mol. The number of fused-ring (bicyclic) bond motifs is 1. The molecular weight excluding hydrogens is 364 g/mol. The molecule has 1 aliphatic rings. The third-order valence-electron chi connectivity index (χ3n) is 6.04. The smallest absolute Gasteiger partial charge is 0.306 e. The van der Waals surface area contributed by atoms with E-state index < -0.39 is 0 Å². The highest BCUT2D eigenvalue weighted by Gasteiger charge is 2.39. The first-order chi connectivity index (χ1) is 14.1. The normalized spacial score (nSPS) is 18.0. The summed E-state index contributed by atoms with van der Waals surface area (Å²) in [5, 5.41) is 0. The molecule has 0 spiro atoms. The fourth-order valence-corrected chi connectivity index (χ4v) is 4.56. The van der Waals surface area contributed by atoms with Crippen LogP contribution in [0.15, 0.2) is 42.5 Å². The zero-order chi connectivity index (χ0) is 20.7. The summed E-state index contributed by atoms with van der Waals surface area (Å²) in [6, 6.07) is 14.3. The van der Waals surface area contributed by atoms with E-state index in [-0.39, 0.29) is 11.4 Å². The van der Waals surface area contributed by atoms with Crippen LogP contribution in [0, 0.1) is 6.92 Å². The second-order valence-electron chi connectivity index (χ2n) is 7.99. The number of hydrogen-bond acceptors (Lipinski definition) is 4. The monoisotopic (exact) mass is 394 g/mol. The van der Waals surface area contributed by atoms with Crippen molar-refractivity contribution in [2.24, 2.45) is 0 Å². The van der Waals surface area contributed by atoms with Crippen LogP contribution in [0.4, 0.5) is 0 Å². The van der Waals surface area contributed by atoms with Crippen LogP contribution in [0.25, 0.3) is 0 Å². The minimum atomic E-state index is -0.291. The zero-order valence-electron chi connectivity index (χ0n) is 17.4. The van der Waals surface area contributed by atoms with Gasteiger partial charge in [-0.1, -0.05) is 30.3 Å². The molecule has 0 saturated heterocycles. The second kappa shape index (κ2) is 9.73. The molecule has 4 nitrogen and oxygen atoms in total. The van der Waals surface area contributed by atoms with Gasteiger partial charge in [-0.05, 0) is 73.4 Å². The lowest BCUT2D eigenvalue weighted by atomic mass is 9.64. The first kappa shape index (κ1) is 21.1. The molecule has 3 rings (SSSR count). The molecule has 0 radical (unpaired) electrons. The zero-order valence-corrected chi connectivity index (χ0v) is 17.4. The molecule has 4 heteroatoms. The quantitative estimate of drug-likeness (QED) is 0.338. The van der Waals surface area contributed by atoms with E-state index in [1.165, 1.54) is 23.8 Å². The molecule has 29 heavy (non-hydrogen) atoms. The largest absolute Gasteiger partial charge is 0.489 e. The number of aldehydes is 1. The summed E-state index contributed by atoms with van der Waals surface area (Å²) < 4.78 is 11.1. The number of benzene rings is 2. The molecule has 0 N–H and O–H groups in total. The Morgan fingerprint density at radius 1 is 1.21 bits per heavy atom. The van der Waals surface area contributed by atoms with Gasteiger partial charge in [0.05, 0.1) is 13.5 Å². The summed E-state index contributed by atoms with van der Waals surface area (Å²) in [6.07, 6.45) is 6.37. The van der Waals surface area contributed by atoms with Gasteiger partial charge < -0.3 is 14.3 Å². The third kappa shape index (κ3) is 5.06. The highest BCUT2D eigenvalue weighted by molar-refractivity contribution is 5.72. The Bertz CT molecular complexity index is 843. The molecule has 0 aliphatic heterocycles. The van der Waals surface area contributed by atoms with E-state index in [4.69, 9.17) is 9.47 Å². The SMILES string of the molecule is COC(=O)CC1(CCCC=O)CCCc2c(C)cc(OCc3ccccc3)cc21. The molecule has 2 aromatic rings. The van der Waals surface area contributed by atoms with Crippen LogP contribution in [-0.2, 0) is 32.8 Å². The number of carbonyl (C=O) groups excluding carboxylic acids is 2. The second-order valence-corrected chi connectivity index (χ2v) is 7.99. The number of aryl methyl sites for hydroxylation is 1. The third-order valence-corrected chi connectivity index (χ3v) is 6.04. The Morgan fingerprint density at radius 3 is 2.72 bits per heavy atom. The van der Waals surface area contributed by atoms with Crippen molar-refractivity contribution in [3.63, 3.8) is 0 Å². The van der Waals surface area contributed by atoms with Gasteiger partial charge in [0.2, 0.25) is 0 Å². The van der Waals surface area contributed by atoms with Gasteiger partial charge in [-0.25, -0.2) is 0 Å². The van der Waals surface area contributed by atoms with Gasteiger partial charge in [0.25, 0.3) is 0 Å². The molecule has 2 aromatic carbocycles. The fraction of sp³-hybridized carbons (Fsp3) is 0.440. The van der Waals surface area contributed by atoms with Gasteiger partial charge in [-0.2, -0.15) is 0 Å². The molecule has 0 fully saturated rings. The van der Waals surface area contributed by atoms with Crippen LogP contribution in [0.2, 0.25) is 0 Å². The summed E-state index contributed by atoms with van der Waals surface area (Å²) >= 11 is 0. The van der Waals surface area contributed by atoms with Crippen molar-refractivity contribution >= 4 is 12.3 Å².